The number of halogens is 1. The molecule has 6 heteroatoms. The van der Waals surface area contributed by atoms with Gasteiger partial charge in [-0.2, -0.15) is 0 Å². The zero-order valence-electron chi connectivity index (χ0n) is 14.8. The number of nitrogens with one attached hydrogen (secondary N) is 1. The van der Waals surface area contributed by atoms with E-state index in [4.69, 9.17) is 26.8 Å². The Balaban J connectivity index is 1.63. The van der Waals surface area contributed by atoms with Crippen LogP contribution in [-0.4, -0.2) is 19.1 Å². The summed E-state index contributed by atoms with van der Waals surface area (Å²) in [6.45, 7) is 0.598. The fraction of sp³-hybridized carbons (Fsp3) is 0.350. The molecule has 5 nitrogen and oxygen atoms in total. The number of hydrogen-bond acceptors (Lipinski definition) is 4. The third-order valence-corrected chi connectivity index (χ3v) is 4.89. The number of methoxy groups -OCH3 is 1. The second-order valence-electron chi connectivity index (χ2n) is 6.44. The predicted molar refractivity (Wildman–Crippen MR) is 104 cm³/mol. The van der Waals surface area contributed by atoms with Crippen LogP contribution < -0.4 is 15.8 Å². The first-order valence-electron chi connectivity index (χ1n) is 8.71. The lowest BCUT2D eigenvalue weighted by atomic mass is 10.1. The Morgan fingerprint density at radius 3 is 2.58 bits per heavy atom. The molecule has 0 saturated heterocycles. The number of nitrogens with two attached hydrogens (primary N) is 1. The van der Waals surface area contributed by atoms with E-state index in [1.54, 1.807) is 6.07 Å². The molecule has 2 aromatic rings. The van der Waals surface area contributed by atoms with Gasteiger partial charge in [0.2, 0.25) is 0 Å². The summed E-state index contributed by atoms with van der Waals surface area (Å²) in [5.41, 5.74) is 8.23. The number of carbonyl (C=O) groups excluding carboxylic acids is 1. The topological polar surface area (TPSA) is 73.6 Å². The van der Waals surface area contributed by atoms with Gasteiger partial charge in [0.1, 0.15) is 5.75 Å². The molecule has 1 aliphatic carbocycles. The van der Waals surface area contributed by atoms with Crippen molar-refractivity contribution in [3.05, 3.63) is 52.5 Å². The summed E-state index contributed by atoms with van der Waals surface area (Å²) in [4.78, 5) is 12.5. The minimum Gasteiger partial charge on any atom is -0.496 e. The number of ether oxygens (including phenoxy) is 2. The monoisotopic (exact) mass is 374 g/mol. The summed E-state index contributed by atoms with van der Waals surface area (Å²) in [6, 6.07) is 10.7. The summed E-state index contributed by atoms with van der Waals surface area (Å²) in [6.07, 6.45) is 5.21. The summed E-state index contributed by atoms with van der Waals surface area (Å²) >= 11 is 6.02. The Hall–Kier alpha value is -2.24. The van der Waals surface area contributed by atoms with E-state index in [1.807, 2.05) is 24.3 Å². The maximum absolute atomic E-state index is 12.5. The van der Waals surface area contributed by atoms with Gasteiger partial charge in [0.25, 0.3) is 5.91 Å². The van der Waals surface area contributed by atoms with E-state index in [0.717, 1.165) is 18.4 Å². The fourth-order valence-corrected chi connectivity index (χ4v) is 3.23. The predicted octanol–water partition coefficient (Wildman–Crippen LogP) is 4.64. The zero-order chi connectivity index (χ0) is 18.5. The highest BCUT2D eigenvalue weighted by Crippen LogP contribution is 2.29. The normalized spacial score (nSPS) is 14.4. The molecule has 0 heterocycles. The fourth-order valence-electron chi connectivity index (χ4n) is 3.07. The molecule has 0 bridgehead atoms. The van der Waals surface area contributed by atoms with Crippen LogP contribution in [-0.2, 0) is 11.3 Å². The first-order valence-corrected chi connectivity index (χ1v) is 9.09. The Bertz CT molecular complexity index is 771. The van der Waals surface area contributed by atoms with Crippen molar-refractivity contribution in [2.75, 3.05) is 18.2 Å². The lowest BCUT2D eigenvalue weighted by Crippen LogP contribution is -2.13. The SMILES string of the molecule is COc1cc(N)c(Cl)cc1C(=O)Nc1ccc(COC2CCCC2)cc1. The highest BCUT2D eigenvalue weighted by molar-refractivity contribution is 6.33. The zero-order valence-corrected chi connectivity index (χ0v) is 15.5. The molecule has 0 aromatic heterocycles. The highest BCUT2D eigenvalue weighted by atomic mass is 35.5. The number of hydrogen-bond donors (Lipinski definition) is 2. The van der Waals surface area contributed by atoms with E-state index in [9.17, 15) is 4.79 Å². The third kappa shape index (κ3) is 4.48. The standard InChI is InChI=1S/C20H23ClN2O3/c1-25-19-11-18(22)17(21)10-16(19)20(24)23-14-8-6-13(7-9-14)12-26-15-4-2-3-5-15/h6-11,15H,2-5,12,22H2,1H3,(H,23,24). The second-order valence-corrected chi connectivity index (χ2v) is 6.85. The molecule has 0 aliphatic heterocycles. The number of carbonyl (C=O) groups is 1. The Morgan fingerprint density at radius 2 is 1.92 bits per heavy atom. The largest absolute Gasteiger partial charge is 0.496 e. The van der Waals surface area contributed by atoms with Gasteiger partial charge in [-0.05, 0) is 36.6 Å². The van der Waals surface area contributed by atoms with E-state index in [0.29, 0.717) is 40.4 Å². The number of amides is 1. The molecule has 1 amide bonds. The van der Waals surface area contributed by atoms with Crippen molar-refractivity contribution in [2.45, 2.75) is 38.4 Å². The summed E-state index contributed by atoms with van der Waals surface area (Å²) in [7, 11) is 1.48. The molecule has 0 spiro atoms. The number of nitrogen functional groups attached to an aromatic ring is 1. The van der Waals surface area contributed by atoms with E-state index in [-0.39, 0.29) is 5.91 Å². The molecular weight excluding hydrogens is 352 g/mol. The van der Waals surface area contributed by atoms with Crippen molar-refractivity contribution in [1.29, 1.82) is 0 Å². The molecule has 1 aliphatic rings. The van der Waals surface area contributed by atoms with E-state index in [2.05, 4.69) is 5.32 Å². The summed E-state index contributed by atoms with van der Waals surface area (Å²) in [5, 5.41) is 3.16. The average Bonchev–Trinajstić information content (AvgIpc) is 3.16. The minimum absolute atomic E-state index is 0.307. The molecule has 2 aromatic carbocycles. The highest BCUT2D eigenvalue weighted by Gasteiger charge is 2.16. The van der Waals surface area contributed by atoms with Crippen molar-refractivity contribution in [3.8, 4) is 5.75 Å². The van der Waals surface area contributed by atoms with Gasteiger partial charge >= 0.3 is 0 Å². The van der Waals surface area contributed by atoms with Crippen LogP contribution in [0.3, 0.4) is 0 Å². The molecular formula is C20H23ClN2O3. The Morgan fingerprint density at radius 1 is 1.23 bits per heavy atom. The lowest BCUT2D eigenvalue weighted by molar-refractivity contribution is 0.0457. The average molecular weight is 375 g/mol. The van der Waals surface area contributed by atoms with Gasteiger partial charge in [-0.3, -0.25) is 4.79 Å². The maximum Gasteiger partial charge on any atom is 0.259 e. The van der Waals surface area contributed by atoms with Gasteiger partial charge in [-0.15, -0.1) is 0 Å². The van der Waals surface area contributed by atoms with Gasteiger partial charge in [-0.1, -0.05) is 36.6 Å². The third-order valence-electron chi connectivity index (χ3n) is 4.56. The first kappa shape index (κ1) is 18.5. The quantitative estimate of drug-likeness (QED) is 0.722. The van der Waals surface area contributed by atoms with Gasteiger partial charge in [-0.25, -0.2) is 0 Å². The van der Waals surface area contributed by atoms with Crippen LogP contribution in [0.15, 0.2) is 36.4 Å². The molecule has 26 heavy (non-hydrogen) atoms. The van der Waals surface area contributed by atoms with Crippen LogP contribution in [0.1, 0.15) is 41.6 Å². The minimum atomic E-state index is -0.307. The smallest absolute Gasteiger partial charge is 0.259 e. The second kappa shape index (κ2) is 8.43. The van der Waals surface area contributed by atoms with Crippen LogP contribution in [0, 0.1) is 0 Å². The first-order chi connectivity index (χ1) is 12.6. The van der Waals surface area contributed by atoms with Crippen molar-refractivity contribution < 1.29 is 14.3 Å². The van der Waals surface area contributed by atoms with Crippen LogP contribution in [0.4, 0.5) is 11.4 Å². The van der Waals surface area contributed by atoms with Gasteiger partial charge in [0.05, 0.1) is 36.1 Å². The Labute approximate surface area is 158 Å². The molecule has 1 fully saturated rings. The van der Waals surface area contributed by atoms with Crippen molar-refractivity contribution >= 4 is 28.9 Å². The molecule has 3 N–H and O–H groups in total. The van der Waals surface area contributed by atoms with Crippen molar-refractivity contribution in [1.82, 2.24) is 0 Å². The molecule has 3 rings (SSSR count). The molecule has 0 radical (unpaired) electrons. The van der Waals surface area contributed by atoms with Crippen LogP contribution in [0.2, 0.25) is 5.02 Å². The van der Waals surface area contributed by atoms with Crippen molar-refractivity contribution in [3.63, 3.8) is 0 Å². The van der Waals surface area contributed by atoms with Crippen molar-refractivity contribution in [2.24, 2.45) is 0 Å². The summed E-state index contributed by atoms with van der Waals surface area (Å²) in [5.74, 6) is 0.0738. The maximum atomic E-state index is 12.5. The number of anilines is 2. The van der Waals surface area contributed by atoms with Crippen LogP contribution >= 0.6 is 11.6 Å². The van der Waals surface area contributed by atoms with Crippen LogP contribution in [0.5, 0.6) is 5.75 Å². The van der Waals surface area contributed by atoms with Gasteiger partial charge in [0.15, 0.2) is 0 Å². The van der Waals surface area contributed by atoms with E-state index >= 15 is 0 Å². The van der Waals surface area contributed by atoms with Gasteiger partial charge < -0.3 is 20.5 Å². The number of benzene rings is 2. The summed E-state index contributed by atoms with van der Waals surface area (Å²) < 4.78 is 11.1. The molecule has 138 valence electrons. The Kier molecular flexibility index (Phi) is 6.01. The van der Waals surface area contributed by atoms with Gasteiger partial charge in [0, 0.05) is 11.8 Å². The van der Waals surface area contributed by atoms with E-state index in [1.165, 1.54) is 26.0 Å². The number of rotatable bonds is 6. The molecule has 1 saturated carbocycles. The molecule has 0 unspecified atom stereocenters. The van der Waals surface area contributed by atoms with Crippen LogP contribution in [0.25, 0.3) is 0 Å². The lowest BCUT2D eigenvalue weighted by Gasteiger charge is -2.13. The van der Waals surface area contributed by atoms with E-state index < -0.39 is 0 Å². The molecule has 0 atom stereocenters.